The summed E-state index contributed by atoms with van der Waals surface area (Å²) in [5.74, 6) is -0.0780. The van der Waals surface area contributed by atoms with Crippen LogP contribution in [0, 0.1) is 6.92 Å². The molecule has 0 bridgehead atoms. The van der Waals surface area contributed by atoms with Crippen LogP contribution in [0.3, 0.4) is 0 Å². The first-order valence-electron chi connectivity index (χ1n) is 8.45. The molecule has 0 unspecified atom stereocenters. The minimum absolute atomic E-state index is 0.0780. The molecule has 1 aliphatic heterocycles. The van der Waals surface area contributed by atoms with Gasteiger partial charge in [-0.1, -0.05) is 29.8 Å². The van der Waals surface area contributed by atoms with Crippen molar-refractivity contribution in [2.75, 3.05) is 19.7 Å². The number of nitrogens with zero attached hydrogens (tertiary/aromatic N) is 3. The van der Waals surface area contributed by atoms with E-state index in [9.17, 15) is 4.79 Å². The van der Waals surface area contributed by atoms with Crippen LogP contribution < -0.4 is 0 Å². The second-order valence-electron chi connectivity index (χ2n) is 6.21. The van der Waals surface area contributed by atoms with Gasteiger partial charge in [-0.25, -0.2) is 4.98 Å². The number of hydrogen-bond acceptors (Lipinski definition) is 4. The van der Waals surface area contributed by atoms with Gasteiger partial charge in [-0.05, 0) is 31.7 Å². The lowest BCUT2D eigenvalue weighted by atomic mass is 10.1. The van der Waals surface area contributed by atoms with Crippen LogP contribution in [-0.2, 0) is 11.2 Å². The third kappa shape index (κ3) is 4.38. The third-order valence-electron chi connectivity index (χ3n) is 4.31. The molecule has 5 heteroatoms. The first-order chi connectivity index (χ1) is 11.7. The summed E-state index contributed by atoms with van der Waals surface area (Å²) in [6.45, 7) is 4.13. The van der Waals surface area contributed by atoms with Gasteiger partial charge in [-0.2, -0.15) is 0 Å². The number of carbonyl (C=O) groups is 1. The maximum absolute atomic E-state index is 12.8. The van der Waals surface area contributed by atoms with E-state index in [2.05, 4.69) is 41.2 Å². The van der Waals surface area contributed by atoms with E-state index in [0.717, 1.165) is 25.9 Å². The van der Waals surface area contributed by atoms with Crippen LogP contribution in [0.4, 0.5) is 0 Å². The maximum Gasteiger partial charge on any atom is 0.274 e. The zero-order valence-corrected chi connectivity index (χ0v) is 14.0. The molecule has 0 radical (unpaired) electrons. The summed E-state index contributed by atoms with van der Waals surface area (Å²) in [6.07, 6.45) is 7.68. The van der Waals surface area contributed by atoms with Crippen molar-refractivity contribution in [3.05, 3.63) is 59.7 Å². The predicted octanol–water partition coefficient (Wildman–Crippen LogP) is 2.65. The summed E-state index contributed by atoms with van der Waals surface area (Å²) in [4.78, 5) is 22.8. The Balaban J connectivity index is 1.68. The summed E-state index contributed by atoms with van der Waals surface area (Å²) in [5.41, 5.74) is 2.86. The second-order valence-corrected chi connectivity index (χ2v) is 6.21. The standard InChI is InChI=1S/C19H23N3O2/c1-15-4-6-16(7-5-15)8-11-22(14-17-3-2-12-24-17)19(23)18-13-20-9-10-21-18/h4-7,9-10,13,17H,2-3,8,11-12,14H2,1H3/t17-/m1/s1. The van der Waals surface area contributed by atoms with E-state index >= 15 is 0 Å². The smallest absolute Gasteiger partial charge is 0.274 e. The Bertz CT molecular complexity index is 652. The first-order valence-corrected chi connectivity index (χ1v) is 8.45. The Kier molecular flexibility index (Phi) is 5.54. The number of rotatable bonds is 6. The van der Waals surface area contributed by atoms with Gasteiger partial charge < -0.3 is 9.64 Å². The number of aromatic nitrogens is 2. The average molecular weight is 325 g/mol. The van der Waals surface area contributed by atoms with Crippen molar-refractivity contribution in [1.82, 2.24) is 14.9 Å². The molecule has 0 N–H and O–H groups in total. The molecule has 126 valence electrons. The van der Waals surface area contributed by atoms with Crippen molar-refractivity contribution in [3.63, 3.8) is 0 Å². The minimum atomic E-state index is -0.0780. The number of aryl methyl sites for hydroxylation is 1. The van der Waals surface area contributed by atoms with Crippen LogP contribution >= 0.6 is 0 Å². The lowest BCUT2D eigenvalue weighted by Crippen LogP contribution is -2.39. The average Bonchev–Trinajstić information content (AvgIpc) is 3.13. The zero-order valence-electron chi connectivity index (χ0n) is 14.0. The quantitative estimate of drug-likeness (QED) is 0.819. The fourth-order valence-electron chi connectivity index (χ4n) is 2.90. The number of hydrogen-bond donors (Lipinski definition) is 0. The maximum atomic E-state index is 12.8. The van der Waals surface area contributed by atoms with Gasteiger partial charge in [-0.3, -0.25) is 9.78 Å². The molecule has 1 aromatic carbocycles. The van der Waals surface area contributed by atoms with E-state index in [-0.39, 0.29) is 12.0 Å². The van der Waals surface area contributed by atoms with Crippen LogP contribution in [0.2, 0.25) is 0 Å². The van der Waals surface area contributed by atoms with Crippen LogP contribution in [0.15, 0.2) is 42.9 Å². The fourth-order valence-corrected chi connectivity index (χ4v) is 2.90. The highest BCUT2D eigenvalue weighted by Gasteiger charge is 2.24. The van der Waals surface area contributed by atoms with Gasteiger partial charge in [0, 0.05) is 32.1 Å². The van der Waals surface area contributed by atoms with E-state index in [0.29, 0.717) is 18.8 Å². The molecule has 0 aliphatic carbocycles. The molecular formula is C19H23N3O2. The fraction of sp³-hybridized carbons (Fsp3) is 0.421. The van der Waals surface area contributed by atoms with Crippen molar-refractivity contribution in [1.29, 1.82) is 0 Å². The van der Waals surface area contributed by atoms with Gasteiger partial charge in [-0.15, -0.1) is 0 Å². The van der Waals surface area contributed by atoms with Gasteiger partial charge >= 0.3 is 0 Å². The zero-order chi connectivity index (χ0) is 16.8. The topological polar surface area (TPSA) is 55.3 Å². The molecule has 24 heavy (non-hydrogen) atoms. The van der Waals surface area contributed by atoms with Crippen LogP contribution in [-0.4, -0.2) is 46.6 Å². The molecule has 2 aromatic rings. The Morgan fingerprint density at radius 2 is 2.12 bits per heavy atom. The Hall–Kier alpha value is -2.27. The minimum Gasteiger partial charge on any atom is -0.376 e. The molecule has 1 aromatic heterocycles. The normalized spacial score (nSPS) is 17.0. The summed E-state index contributed by atoms with van der Waals surface area (Å²) in [5, 5.41) is 0. The lowest BCUT2D eigenvalue weighted by molar-refractivity contribution is 0.0524. The van der Waals surface area contributed by atoms with E-state index in [4.69, 9.17) is 4.74 Å². The summed E-state index contributed by atoms with van der Waals surface area (Å²) in [6, 6.07) is 8.44. The Labute approximate surface area is 142 Å². The highest BCUT2D eigenvalue weighted by molar-refractivity contribution is 5.92. The molecule has 5 nitrogen and oxygen atoms in total. The van der Waals surface area contributed by atoms with Gasteiger partial charge in [0.05, 0.1) is 12.3 Å². The highest BCUT2D eigenvalue weighted by atomic mass is 16.5. The molecule has 0 spiro atoms. The van der Waals surface area contributed by atoms with Crippen molar-refractivity contribution in [2.45, 2.75) is 32.3 Å². The number of ether oxygens (including phenoxy) is 1. The molecule has 1 amide bonds. The van der Waals surface area contributed by atoms with Crippen molar-refractivity contribution in [3.8, 4) is 0 Å². The van der Waals surface area contributed by atoms with Crippen LogP contribution in [0.5, 0.6) is 0 Å². The van der Waals surface area contributed by atoms with Crippen molar-refractivity contribution in [2.24, 2.45) is 0 Å². The molecule has 0 saturated carbocycles. The van der Waals surface area contributed by atoms with Gasteiger partial charge in [0.15, 0.2) is 0 Å². The van der Waals surface area contributed by atoms with Gasteiger partial charge in [0.1, 0.15) is 5.69 Å². The number of benzene rings is 1. The van der Waals surface area contributed by atoms with Crippen LogP contribution in [0.1, 0.15) is 34.5 Å². The molecule has 1 fully saturated rings. The summed E-state index contributed by atoms with van der Waals surface area (Å²) < 4.78 is 5.71. The second kappa shape index (κ2) is 8.02. The SMILES string of the molecule is Cc1ccc(CCN(C[C@H]2CCCO2)C(=O)c2cnccn2)cc1. The van der Waals surface area contributed by atoms with E-state index in [1.54, 1.807) is 12.4 Å². The van der Waals surface area contributed by atoms with Crippen molar-refractivity contribution < 1.29 is 9.53 Å². The highest BCUT2D eigenvalue weighted by Crippen LogP contribution is 2.15. The van der Waals surface area contributed by atoms with E-state index < -0.39 is 0 Å². The van der Waals surface area contributed by atoms with E-state index in [1.807, 2.05) is 4.90 Å². The van der Waals surface area contributed by atoms with Gasteiger partial charge in [0.25, 0.3) is 5.91 Å². The Morgan fingerprint density at radius 3 is 2.79 bits per heavy atom. The van der Waals surface area contributed by atoms with Gasteiger partial charge in [0.2, 0.25) is 0 Å². The molecule has 1 saturated heterocycles. The molecule has 1 aliphatic rings. The largest absolute Gasteiger partial charge is 0.376 e. The molecular weight excluding hydrogens is 302 g/mol. The lowest BCUT2D eigenvalue weighted by Gasteiger charge is -2.25. The molecule has 1 atom stereocenters. The molecule has 3 rings (SSSR count). The van der Waals surface area contributed by atoms with Crippen molar-refractivity contribution >= 4 is 5.91 Å². The van der Waals surface area contributed by atoms with E-state index in [1.165, 1.54) is 17.3 Å². The predicted molar refractivity (Wildman–Crippen MR) is 91.8 cm³/mol. The molecule has 2 heterocycles. The monoisotopic (exact) mass is 325 g/mol. The summed E-state index contributed by atoms with van der Waals surface area (Å²) in [7, 11) is 0. The number of amides is 1. The van der Waals surface area contributed by atoms with Crippen LogP contribution in [0.25, 0.3) is 0 Å². The Morgan fingerprint density at radius 1 is 1.29 bits per heavy atom. The first kappa shape index (κ1) is 16.6. The number of carbonyl (C=O) groups excluding carboxylic acids is 1. The summed E-state index contributed by atoms with van der Waals surface area (Å²) >= 11 is 0. The third-order valence-corrected chi connectivity index (χ3v) is 4.31.